The smallest absolute Gasteiger partial charge is 0.155 e. The van der Waals surface area contributed by atoms with Gasteiger partial charge in [-0.3, -0.25) is 4.98 Å². The molecule has 0 spiro atoms. The van der Waals surface area contributed by atoms with Gasteiger partial charge in [0.1, 0.15) is 17.3 Å². The molecule has 0 amide bonds. The highest BCUT2D eigenvalue weighted by Gasteiger charge is 2.13. The van der Waals surface area contributed by atoms with Crippen molar-refractivity contribution in [2.45, 2.75) is 13.8 Å². The Morgan fingerprint density at radius 2 is 1.84 bits per heavy atom. The first-order chi connectivity index (χ1) is 15.2. The van der Waals surface area contributed by atoms with E-state index in [4.69, 9.17) is 9.72 Å². The van der Waals surface area contributed by atoms with Gasteiger partial charge in [0, 0.05) is 46.9 Å². The number of anilines is 2. The van der Waals surface area contributed by atoms with Crippen molar-refractivity contribution in [1.29, 1.82) is 0 Å². The summed E-state index contributed by atoms with van der Waals surface area (Å²) < 4.78 is 6.25. The number of hydrogen-bond acceptors (Lipinski definition) is 5. The Bertz CT molecular complexity index is 1360. The Morgan fingerprint density at radius 3 is 2.71 bits per heavy atom. The average Bonchev–Trinajstić information content (AvgIpc) is 3.25. The lowest BCUT2D eigenvalue weighted by Gasteiger charge is -2.13. The quantitative estimate of drug-likeness (QED) is 0.364. The normalized spacial score (nSPS) is 10.9. The summed E-state index contributed by atoms with van der Waals surface area (Å²) >= 11 is 0. The van der Waals surface area contributed by atoms with Crippen LogP contribution in [0.5, 0.6) is 11.5 Å². The van der Waals surface area contributed by atoms with E-state index in [0.717, 1.165) is 33.5 Å². The summed E-state index contributed by atoms with van der Waals surface area (Å²) in [7, 11) is 0. The Balaban J connectivity index is 1.45. The third-order valence-electron chi connectivity index (χ3n) is 5.12. The molecule has 5 aromatic rings. The van der Waals surface area contributed by atoms with Gasteiger partial charge in [0.15, 0.2) is 5.75 Å². The highest BCUT2D eigenvalue weighted by Crippen LogP contribution is 2.33. The third kappa shape index (κ3) is 3.96. The number of aromatic nitrogens is 4. The van der Waals surface area contributed by atoms with Gasteiger partial charge in [-0.15, -0.1) is 0 Å². The number of nitrogens with zero attached hydrogens (tertiary/aromatic N) is 3. The molecule has 6 heteroatoms. The monoisotopic (exact) mass is 407 g/mol. The Morgan fingerprint density at radius 1 is 0.903 bits per heavy atom. The molecule has 0 radical (unpaired) electrons. The van der Waals surface area contributed by atoms with Gasteiger partial charge in [0.05, 0.1) is 5.69 Å². The minimum absolute atomic E-state index is 0.660. The maximum absolute atomic E-state index is 6.25. The Kier molecular flexibility index (Phi) is 4.80. The van der Waals surface area contributed by atoms with Crippen LogP contribution in [-0.2, 0) is 0 Å². The topological polar surface area (TPSA) is 75.7 Å². The predicted octanol–water partition coefficient (Wildman–Crippen LogP) is 6.17. The molecule has 0 aliphatic rings. The van der Waals surface area contributed by atoms with Crippen LogP contribution < -0.4 is 10.1 Å². The van der Waals surface area contributed by atoms with Crippen LogP contribution in [0.25, 0.3) is 22.3 Å². The molecule has 5 rings (SSSR count). The van der Waals surface area contributed by atoms with Crippen LogP contribution >= 0.6 is 0 Å². The average molecular weight is 407 g/mol. The molecule has 31 heavy (non-hydrogen) atoms. The van der Waals surface area contributed by atoms with E-state index < -0.39 is 0 Å². The minimum Gasteiger partial charge on any atom is -0.455 e. The first-order valence-electron chi connectivity index (χ1n) is 10.0. The van der Waals surface area contributed by atoms with Crippen LogP contribution in [0.1, 0.15) is 11.3 Å². The summed E-state index contributed by atoms with van der Waals surface area (Å²) in [6, 6.07) is 19.6. The van der Waals surface area contributed by atoms with Crippen molar-refractivity contribution in [1.82, 2.24) is 19.9 Å². The van der Waals surface area contributed by atoms with E-state index in [2.05, 4.69) is 26.3 Å². The van der Waals surface area contributed by atoms with Crippen molar-refractivity contribution in [3.05, 3.63) is 90.5 Å². The van der Waals surface area contributed by atoms with Gasteiger partial charge in [0.25, 0.3) is 0 Å². The number of benzene rings is 1. The van der Waals surface area contributed by atoms with Crippen molar-refractivity contribution in [2.24, 2.45) is 0 Å². The van der Waals surface area contributed by atoms with Crippen LogP contribution in [0, 0.1) is 13.8 Å². The fraction of sp³-hybridized carbons (Fsp3) is 0.0800. The molecule has 2 N–H and O–H groups in total. The zero-order chi connectivity index (χ0) is 21.2. The van der Waals surface area contributed by atoms with Crippen LogP contribution in [0.15, 0.2) is 79.3 Å². The number of fused-ring (bicyclic) bond motifs is 1. The van der Waals surface area contributed by atoms with E-state index in [1.807, 2.05) is 74.6 Å². The molecule has 0 saturated carbocycles. The lowest BCUT2D eigenvalue weighted by Crippen LogP contribution is -1.98. The summed E-state index contributed by atoms with van der Waals surface area (Å²) in [5, 5.41) is 4.48. The predicted molar refractivity (Wildman–Crippen MR) is 123 cm³/mol. The Labute approximate surface area is 180 Å². The molecule has 0 saturated heterocycles. The number of nitrogens with one attached hydrogen (secondary N) is 2. The number of aryl methyl sites for hydroxylation is 2. The molecule has 6 nitrogen and oxygen atoms in total. The van der Waals surface area contributed by atoms with E-state index in [1.165, 1.54) is 0 Å². The second-order valence-corrected chi connectivity index (χ2v) is 7.34. The molecule has 4 heterocycles. The molecule has 0 fully saturated rings. The van der Waals surface area contributed by atoms with Crippen molar-refractivity contribution in [3.8, 4) is 22.9 Å². The van der Waals surface area contributed by atoms with Crippen LogP contribution in [0.4, 0.5) is 11.5 Å². The standard InChI is InChI=1S/C25H21N5O/c1-16-13-23(25(29-17(16)2)22-5-3-4-10-26-22)31-20-9-12-28-24(15-20)30-19-6-7-21-18(14-19)8-11-27-21/h3-15,27H,1-2H3,(H,28,30). The number of aromatic amines is 1. The van der Waals surface area contributed by atoms with E-state index in [0.29, 0.717) is 23.0 Å². The van der Waals surface area contributed by atoms with E-state index >= 15 is 0 Å². The second kappa shape index (κ2) is 7.91. The number of H-pyrrole nitrogens is 1. The summed E-state index contributed by atoms with van der Waals surface area (Å²) in [6.07, 6.45) is 5.41. The first-order valence-corrected chi connectivity index (χ1v) is 10.0. The van der Waals surface area contributed by atoms with Gasteiger partial charge >= 0.3 is 0 Å². The molecule has 4 aromatic heterocycles. The highest BCUT2D eigenvalue weighted by atomic mass is 16.5. The van der Waals surface area contributed by atoms with Crippen LogP contribution in [-0.4, -0.2) is 19.9 Å². The van der Waals surface area contributed by atoms with Crippen LogP contribution in [0.2, 0.25) is 0 Å². The zero-order valence-electron chi connectivity index (χ0n) is 17.3. The van der Waals surface area contributed by atoms with Gasteiger partial charge in [0.2, 0.25) is 0 Å². The third-order valence-corrected chi connectivity index (χ3v) is 5.12. The number of hydrogen-bond donors (Lipinski definition) is 2. The molecule has 0 atom stereocenters. The van der Waals surface area contributed by atoms with Gasteiger partial charge in [-0.2, -0.15) is 0 Å². The largest absolute Gasteiger partial charge is 0.455 e. The van der Waals surface area contributed by atoms with Gasteiger partial charge in [-0.25, -0.2) is 9.97 Å². The SMILES string of the molecule is Cc1cc(Oc2ccnc(Nc3ccc4[nH]ccc4c3)c2)c(-c2ccccn2)nc1C. The van der Waals surface area contributed by atoms with Gasteiger partial charge < -0.3 is 15.0 Å². The maximum atomic E-state index is 6.25. The highest BCUT2D eigenvalue weighted by molar-refractivity contribution is 5.83. The van der Waals surface area contributed by atoms with Crippen molar-refractivity contribution >= 4 is 22.4 Å². The summed E-state index contributed by atoms with van der Waals surface area (Å²) in [5.41, 5.74) is 5.55. The van der Waals surface area contributed by atoms with Gasteiger partial charge in [-0.1, -0.05) is 6.07 Å². The number of pyridine rings is 3. The van der Waals surface area contributed by atoms with Crippen LogP contribution in [0.3, 0.4) is 0 Å². The number of ether oxygens (including phenoxy) is 1. The second-order valence-electron chi connectivity index (χ2n) is 7.34. The Hall–Kier alpha value is -4.19. The molecule has 1 aromatic carbocycles. The maximum Gasteiger partial charge on any atom is 0.155 e. The lowest BCUT2D eigenvalue weighted by molar-refractivity contribution is 0.481. The zero-order valence-corrected chi connectivity index (χ0v) is 17.3. The van der Waals surface area contributed by atoms with E-state index in [1.54, 1.807) is 12.4 Å². The van der Waals surface area contributed by atoms with Gasteiger partial charge in [-0.05, 0) is 67.9 Å². The van der Waals surface area contributed by atoms with Crippen molar-refractivity contribution < 1.29 is 4.74 Å². The van der Waals surface area contributed by atoms with E-state index in [9.17, 15) is 0 Å². The molecule has 0 unspecified atom stereocenters. The summed E-state index contributed by atoms with van der Waals surface area (Å²) in [4.78, 5) is 16.8. The van der Waals surface area contributed by atoms with Crippen molar-refractivity contribution in [2.75, 3.05) is 5.32 Å². The fourth-order valence-electron chi connectivity index (χ4n) is 3.39. The van der Waals surface area contributed by atoms with E-state index in [-0.39, 0.29) is 0 Å². The molecular weight excluding hydrogens is 386 g/mol. The summed E-state index contributed by atoms with van der Waals surface area (Å²) in [6.45, 7) is 4.01. The number of rotatable bonds is 5. The molecule has 152 valence electrons. The minimum atomic E-state index is 0.660. The first kappa shape index (κ1) is 18.8. The lowest BCUT2D eigenvalue weighted by atomic mass is 10.1. The molecule has 0 bridgehead atoms. The molecule has 0 aliphatic carbocycles. The fourth-order valence-corrected chi connectivity index (χ4v) is 3.39. The summed E-state index contributed by atoms with van der Waals surface area (Å²) in [5.74, 6) is 2.03. The van der Waals surface area contributed by atoms with Crippen molar-refractivity contribution in [3.63, 3.8) is 0 Å². The molecule has 0 aliphatic heterocycles. The molecular formula is C25H21N5O.